The molecule has 9 heteroatoms. The van der Waals surface area contributed by atoms with Crippen LogP contribution in [0, 0.1) is 13.8 Å². The van der Waals surface area contributed by atoms with Crippen LogP contribution in [0.2, 0.25) is 0 Å². The van der Waals surface area contributed by atoms with E-state index >= 15 is 0 Å². The molecule has 0 fully saturated rings. The summed E-state index contributed by atoms with van der Waals surface area (Å²) in [5.41, 5.74) is 4.73. The first-order valence-corrected chi connectivity index (χ1v) is 15.7. The summed E-state index contributed by atoms with van der Waals surface area (Å²) in [4.78, 5) is 45.5. The lowest BCUT2D eigenvalue weighted by molar-refractivity contribution is -0.114. The fraction of sp³-hybridized carbons (Fsp3) is 0.0857. The minimum Gasteiger partial charge on any atom is -0.321 e. The summed E-state index contributed by atoms with van der Waals surface area (Å²) < 4.78 is 0. The van der Waals surface area contributed by atoms with Crippen LogP contribution >= 0.6 is 23.1 Å². The molecule has 1 heterocycles. The SMILES string of the molecule is Cc1ccccc1/C=C(\NC(=O)c1ccccc1)C(=O)Nc1cccc(SCC(=O)Nc2nc(-c3ccccc3)c(C)s2)c1. The van der Waals surface area contributed by atoms with Gasteiger partial charge in [-0.1, -0.05) is 78.9 Å². The van der Waals surface area contributed by atoms with Gasteiger partial charge in [0.2, 0.25) is 5.91 Å². The first kappa shape index (κ1) is 30.5. The molecule has 0 radical (unpaired) electrons. The average molecular weight is 619 g/mol. The number of hydrogen-bond donors (Lipinski definition) is 3. The van der Waals surface area contributed by atoms with Gasteiger partial charge in [0.05, 0.1) is 11.4 Å². The van der Waals surface area contributed by atoms with Crippen LogP contribution in [0.5, 0.6) is 0 Å². The average Bonchev–Trinajstić information content (AvgIpc) is 3.41. The normalized spacial score (nSPS) is 11.1. The van der Waals surface area contributed by atoms with Crippen molar-refractivity contribution in [3.63, 3.8) is 0 Å². The molecule has 7 nitrogen and oxygen atoms in total. The van der Waals surface area contributed by atoms with Gasteiger partial charge in [-0.05, 0) is 61.4 Å². The van der Waals surface area contributed by atoms with Crippen molar-refractivity contribution in [3.05, 3.63) is 136 Å². The van der Waals surface area contributed by atoms with Crippen LogP contribution in [0.15, 0.2) is 120 Å². The van der Waals surface area contributed by atoms with Crippen molar-refractivity contribution in [2.24, 2.45) is 0 Å². The summed E-state index contributed by atoms with van der Waals surface area (Å²) in [5.74, 6) is -0.861. The highest BCUT2D eigenvalue weighted by Crippen LogP contribution is 2.30. The lowest BCUT2D eigenvalue weighted by Crippen LogP contribution is -2.30. The lowest BCUT2D eigenvalue weighted by atomic mass is 10.1. The number of aromatic nitrogens is 1. The molecule has 1 aromatic heterocycles. The molecule has 0 unspecified atom stereocenters. The van der Waals surface area contributed by atoms with E-state index in [0.717, 1.165) is 32.2 Å². The van der Waals surface area contributed by atoms with Crippen molar-refractivity contribution >= 4 is 57.7 Å². The third-order valence-electron chi connectivity index (χ3n) is 6.57. The Hall–Kier alpha value is -4.99. The van der Waals surface area contributed by atoms with Gasteiger partial charge in [0.15, 0.2) is 5.13 Å². The Morgan fingerprint density at radius 1 is 0.818 bits per heavy atom. The summed E-state index contributed by atoms with van der Waals surface area (Å²) in [6.07, 6.45) is 1.66. The number of thioether (sulfide) groups is 1. The van der Waals surface area contributed by atoms with Crippen LogP contribution < -0.4 is 16.0 Å². The Bertz CT molecular complexity index is 1820. The van der Waals surface area contributed by atoms with E-state index < -0.39 is 5.91 Å². The van der Waals surface area contributed by atoms with Crippen LogP contribution in [-0.4, -0.2) is 28.5 Å². The fourth-order valence-electron chi connectivity index (χ4n) is 4.33. The van der Waals surface area contributed by atoms with E-state index in [1.54, 1.807) is 48.5 Å². The first-order valence-electron chi connectivity index (χ1n) is 13.9. The minimum absolute atomic E-state index is 0.110. The van der Waals surface area contributed by atoms with E-state index in [0.29, 0.717) is 16.4 Å². The highest BCUT2D eigenvalue weighted by atomic mass is 32.2. The highest BCUT2D eigenvalue weighted by molar-refractivity contribution is 8.00. The molecule has 0 aliphatic rings. The van der Waals surface area contributed by atoms with Gasteiger partial charge in [-0.2, -0.15) is 0 Å². The maximum Gasteiger partial charge on any atom is 0.272 e. The number of hydrogen-bond acceptors (Lipinski definition) is 6. The summed E-state index contributed by atoms with van der Waals surface area (Å²) in [5, 5.41) is 9.11. The second kappa shape index (κ2) is 14.5. The number of carbonyl (C=O) groups is 3. The molecule has 0 saturated carbocycles. The van der Waals surface area contributed by atoms with Crippen molar-refractivity contribution in [1.82, 2.24) is 10.3 Å². The number of rotatable bonds is 10. The monoisotopic (exact) mass is 618 g/mol. The van der Waals surface area contributed by atoms with Crippen LogP contribution in [0.3, 0.4) is 0 Å². The molecule has 4 aromatic carbocycles. The molecule has 0 aliphatic carbocycles. The molecular formula is C35H30N4O3S2. The van der Waals surface area contributed by atoms with Gasteiger partial charge in [0.25, 0.3) is 11.8 Å². The number of aryl methyl sites for hydroxylation is 2. The molecule has 0 spiro atoms. The molecule has 44 heavy (non-hydrogen) atoms. The van der Waals surface area contributed by atoms with E-state index in [2.05, 4.69) is 20.9 Å². The summed E-state index contributed by atoms with van der Waals surface area (Å²) >= 11 is 2.79. The second-order valence-corrected chi connectivity index (χ2v) is 12.1. The Labute approximate surface area is 264 Å². The zero-order valence-electron chi connectivity index (χ0n) is 24.2. The van der Waals surface area contributed by atoms with E-state index in [-0.39, 0.29) is 23.3 Å². The van der Waals surface area contributed by atoms with Crippen LogP contribution in [0.25, 0.3) is 17.3 Å². The van der Waals surface area contributed by atoms with Gasteiger partial charge in [-0.3, -0.25) is 14.4 Å². The molecule has 5 rings (SSSR count). The smallest absolute Gasteiger partial charge is 0.272 e. The first-order chi connectivity index (χ1) is 21.4. The maximum atomic E-state index is 13.4. The van der Waals surface area contributed by atoms with E-state index in [1.807, 2.05) is 80.6 Å². The Morgan fingerprint density at radius 3 is 2.27 bits per heavy atom. The zero-order valence-corrected chi connectivity index (χ0v) is 25.8. The number of thiazole rings is 1. The predicted molar refractivity (Wildman–Crippen MR) is 180 cm³/mol. The van der Waals surface area contributed by atoms with Crippen molar-refractivity contribution in [2.75, 3.05) is 16.4 Å². The summed E-state index contributed by atoms with van der Waals surface area (Å²) in [6.45, 7) is 3.92. The number of nitrogens with one attached hydrogen (secondary N) is 3. The second-order valence-electron chi connectivity index (χ2n) is 9.84. The number of benzene rings is 4. The van der Waals surface area contributed by atoms with Gasteiger partial charge < -0.3 is 16.0 Å². The molecule has 0 bridgehead atoms. The van der Waals surface area contributed by atoms with Crippen LogP contribution in [0.4, 0.5) is 10.8 Å². The predicted octanol–water partition coefficient (Wildman–Crippen LogP) is 7.57. The van der Waals surface area contributed by atoms with Gasteiger partial charge in [0, 0.05) is 26.6 Å². The number of nitrogens with zero attached hydrogens (tertiary/aromatic N) is 1. The number of carbonyl (C=O) groups excluding carboxylic acids is 3. The quantitative estimate of drug-likeness (QED) is 0.111. The zero-order chi connectivity index (χ0) is 30.9. The van der Waals surface area contributed by atoms with Gasteiger partial charge >= 0.3 is 0 Å². The molecule has 3 N–H and O–H groups in total. The van der Waals surface area contributed by atoms with E-state index in [9.17, 15) is 14.4 Å². The van der Waals surface area contributed by atoms with Crippen LogP contribution in [0.1, 0.15) is 26.4 Å². The van der Waals surface area contributed by atoms with Gasteiger partial charge in [0.1, 0.15) is 5.70 Å². The molecule has 3 amide bonds. The van der Waals surface area contributed by atoms with Crippen molar-refractivity contribution in [3.8, 4) is 11.3 Å². The summed E-state index contributed by atoms with van der Waals surface area (Å²) in [7, 11) is 0. The Kier molecular flexibility index (Phi) is 10.0. The Morgan fingerprint density at radius 2 is 1.52 bits per heavy atom. The largest absolute Gasteiger partial charge is 0.321 e. The molecule has 0 saturated heterocycles. The lowest BCUT2D eigenvalue weighted by Gasteiger charge is -2.13. The van der Waals surface area contributed by atoms with Gasteiger partial charge in [-0.15, -0.1) is 23.1 Å². The van der Waals surface area contributed by atoms with E-state index in [1.165, 1.54) is 23.1 Å². The topological polar surface area (TPSA) is 100 Å². The van der Waals surface area contributed by atoms with Gasteiger partial charge in [-0.25, -0.2) is 4.98 Å². The van der Waals surface area contributed by atoms with Crippen molar-refractivity contribution < 1.29 is 14.4 Å². The molecule has 220 valence electrons. The molecular weight excluding hydrogens is 589 g/mol. The fourth-order valence-corrected chi connectivity index (χ4v) is 5.93. The number of amides is 3. The van der Waals surface area contributed by atoms with Crippen molar-refractivity contribution in [1.29, 1.82) is 0 Å². The van der Waals surface area contributed by atoms with Crippen LogP contribution in [-0.2, 0) is 9.59 Å². The minimum atomic E-state index is -0.467. The molecule has 5 aromatic rings. The molecule has 0 atom stereocenters. The molecule has 0 aliphatic heterocycles. The number of anilines is 2. The highest BCUT2D eigenvalue weighted by Gasteiger charge is 2.16. The third-order valence-corrected chi connectivity index (χ3v) is 8.45. The van der Waals surface area contributed by atoms with Crippen molar-refractivity contribution in [2.45, 2.75) is 18.7 Å². The third kappa shape index (κ3) is 8.09. The standard InChI is InChI=1S/C35H30N4O3S2/c1-23-12-9-10-17-27(23)20-30(37-33(41)26-15-7-4-8-16-26)34(42)36-28-18-11-19-29(21-28)43-22-31(40)38-35-39-32(24(2)44-35)25-13-5-3-6-14-25/h3-21H,22H2,1-2H3,(H,36,42)(H,37,41)(H,38,39,40)/b30-20-. The summed E-state index contributed by atoms with van der Waals surface area (Å²) in [6, 6.07) is 33.4. The maximum absolute atomic E-state index is 13.4. The van der Waals surface area contributed by atoms with E-state index in [4.69, 9.17) is 0 Å². The Balaban J connectivity index is 1.24.